The van der Waals surface area contributed by atoms with Crippen molar-refractivity contribution in [1.82, 2.24) is 25.6 Å². The third kappa shape index (κ3) is 4.02. The molecule has 0 amide bonds. The first-order valence-electron chi connectivity index (χ1n) is 6.33. The van der Waals surface area contributed by atoms with Gasteiger partial charge in [0, 0.05) is 24.6 Å². The summed E-state index contributed by atoms with van der Waals surface area (Å²) in [7, 11) is 1.74. The van der Waals surface area contributed by atoms with E-state index in [0.29, 0.717) is 29.7 Å². The largest absolute Gasteiger partial charge is 0.384 e. The number of hydrogen-bond donors (Lipinski definition) is 5. The van der Waals surface area contributed by atoms with Crippen molar-refractivity contribution in [2.24, 2.45) is 0 Å². The van der Waals surface area contributed by atoms with Crippen molar-refractivity contribution in [1.29, 1.82) is 0 Å². The van der Waals surface area contributed by atoms with Crippen molar-refractivity contribution < 1.29 is 8.78 Å². The van der Waals surface area contributed by atoms with Gasteiger partial charge in [-0.3, -0.25) is 0 Å². The molecule has 2 aromatic rings. The number of aromatic nitrogens is 3. The number of halogens is 2. The normalized spacial score (nSPS) is 12.1. The van der Waals surface area contributed by atoms with E-state index in [2.05, 4.69) is 30.9 Å². The zero-order chi connectivity index (χ0) is 15.2. The van der Waals surface area contributed by atoms with Gasteiger partial charge in [0.25, 0.3) is 6.43 Å². The van der Waals surface area contributed by atoms with Crippen molar-refractivity contribution in [2.45, 2.75) is 6.43 Å². The van der Waals surface area contributed by atoms with Gasteiger partial charge < -0.3 is 26.7 Å². The number of nitrogens with one attached hydrogen (secondary N) is 4. The maximum Gasteiger partial charge on any atom is 0.255 e. The number of anilines is 2. The predicted molar refractivity (Wildman–Crippen MR) is 77.9 cm³/mol. The number of H-pyrrole nitrogens is 1. The van der Waals surface area contributed by atoms with Gasteiger partial charge in [-0.15, -0.1) is 0 Å². The second-order valence-electron chi connectivity index (χ2n) is 4.30. The molecule has 9 heteroatoms. The molecule has 0 saturated heterocycles. The van der Waals surface area contributed by atoms with Gasteiger partial charge in [0.05, 0.1) is 11.9 Å². The number of likely N-dealkylation sites (N-methyl/N-ethyl adjacent to an activating group) is 1. The first-order chi connectivity index (χ1) is 10.1. The summed E-state index contributed by atoms with van der Waals surface area (Å²) in [5.74, 6) is 0.635. The monoisotopic (exact) mass is 297 g/mol. The van der Waals surface area contributed by atoms with Gasteiger partial charge in [-0.1, -0.05) is 0 Å². The minimum atomic E-state index is -2.42. The van der Waals surface area contributed by atoms with Crippen LogP contribution in [0.1, 0.15) is 0 Å². The van der Waals surface area contributed by atoms with Gasteiger partial charge in [-0.05, 0) is 13.1 Å². The Labute approximate surface area is 120 Å². The van der Waals surface area contributed by atoms with E-state index in [4.69, 9.17) is 5.73 Å². The highest BCUT2D eigenvalue weighted by Crippen LogP contribution is 2.18. The lowest BCUT2D eigenvalue weighted by Gasteiger charge is -2.11. The van der Waals surface area contributed by atoms with E-state index in [1.807, 2.05) is 0 Å². The Morgan fingerprint density at radius 3 is 3.00 bits per heavy atom. The summed E-state index contributed by atoms with van der Waals surface area (Å²) in [5, 5.41) is 9.13. The molecular formula is C12H17F2N7. The maximum absolute atomic E-state index is 12.1. The van der Waals surface area contributed by atoms with Crippen LogP contribution < -0.4 is 21.7 Å². The summed E-state index contributed by atoms with van der Waals surface area (Å²) in [6.07, 6.45) is 0.758. The number of hydrogen-bond acceptors (Lipinski definition) is 6. The molecule has 0 saturated carbocycles. The molecule has 0 spiro atoms. The van der Waals surface area contributed by atoms with Crippen LogP contribution >= 0.6 is 0 Å². The standard InChI is InChI=1S/C12H17F2N7/c1-16-4-7(5-17-6-9(13)14)19-12-20-10(15)8-2-3-18-11(8)21-12/h2-3,5,9,16-17H,4,6H2,1H3,(H4,15,18,19,20,21)/b7-5+. The lowest BCUT2D eigenvalue weighted by Crippen LogP contribution is -2.22. The molecule has 0 radical (unpaired) electrons. The highest BCUT2D eigenvalue weighted by molar-refractivity contribution is 5.86. The molecule has 2 aromatic heterocycles. The fraction of sp³-hybridized carbons (Fsp3) is 0.333. The van der Waals surface area contributed by atoms with Crippen LogP contribution in [0.4, 0.5) is 20.5 Å². The molecule has 0 aliphatic carbocycles. The highest BCUT2D eigenvalue weighted by Gasteiger charge is 2.07. The van der Waals surface area contributed by atoms with Crippen LogP contribution in [0.3, 0.4) is 0 Å². The fourth-order valence-corrected chi connectivity index (χ4v) is 1.76. The Morgan fingerprint density at radius 2 is 2.29 bits per heavy atom. The Balaban J connectivity index is 2.14. The number of alkyl halides is 2. The molecule has 6 N–H and O–H groups in total. The van der Waals surface area contributed by atoms with Crippen molar-refractivity contribution in [3.05, 3.63) is 24.2 Å². The molecule has 0 bridgehead atoms. The Hall–Kier alpha value is -2.42. The Bertz CT molecular complexity index is 623. The molecule has 0 aliphatic rings. The van der Waals surface area contributed by atoms with Gasteiger partial charge in [0.1, 0.15) is 11.5 Å². The smallest absolute Gasteiger partial charge is 0.255 e. The van der Waals surface area contributed by atoms with Crippen LogP contribution in [0.25, 0.3) is 11.0 Å². The molecule has 0 aliphatic heterocycles. The zero-order valence-corrected chi connectivity index (χ0v) is 11.5. The lowest BCUT2D eigenvalue weighted by molar-refractivity contribution is 0.150. The van der Waals surface area contributed by atoms with E-state index in [1.54, 1.807) is 19.3 Å². The van der Waals surface area contributed by atoms with Gasteiger partial charge >= 0.3 is 0 Å². The minimum Gasteiger partial charge on any atom is -0.384 e. The van der Waals surface area contributed by atoms with Gasteiger partial charge in [-0.2, -0.15) is 9.97 Å². The molecule has 0 atom stereocenters. The fourth-order valence-electron chi connectivity index (χ4n) is 1.76. The third-order valence-corrected chi connectivity index (χ3v) is 2.63. The quantitative estimate of drug-likeness (QED) is 0.519. The van der Waals surface area contributed by atoms with Crippen molar-refractivity contribution in [2.75, 3.05) is 31.2 Å². The molecule has 2 rings (SSSR count). The van der Waals surface area contributed by atoms with Crippen LogP contribution in [0.2, 0.25) is 0 Å². The summed E-state index contributed by atoms with van der Waals surface area (Å²) < 4.78 is 24.2. The molecule has 0 aromatic carbocycles. The van der Waals surface area contributed by atoms with Gasteiger partial charge in [-0.25, -0.2) is 8.78 Å². The van der Waals surface area contributed by atoms with Crippen LogP contribution in [-0.2, 0) is 0 Å². The lowest BCUT2D eigenvalue weighted by atomic mass is 10.4. The minimum absolute atomic E-state index is 0.294. The van der Waals surface area contributed by atoms with Crippen molar-refractivity contribution in [3.63, 3.8) is 0 Å². The first-order valence-corrected chi connectivity index (χ1v) is 6.33. The average molecular weight is 297 g/mol. The second-order valence-corrected chi connectivity index (χ2v) is 4.30. The molecule has 7 nitrogen and oxygen atoms in total. The average Bonchev–Trinajstić information content (AvgIpc) is 2.87. The molecular weight excluding hydrogens is 280 g/mol. The molecule has 114 valence electrons. The number of rotatable bonds is 7. The van der Waals surface area contributed by atoms with E-state index >= 15 is 0 Å². The van der Waals surface area contributed by atoms with E-state index < -0.39 is 13.0 Å². The predicted octanol–water partition coefficient (Wildman–Crippen LogP) is 0.867. The van der Waals surface area contributed by atoms with Crippen LogP contribution in [0, 0.1) is 0 Å². The Kier molecular flexibility index (Phi) is 4.88. The molecule has 0 fully saturated rings. The van der Waals surface area contributed by atoms with Crippen LogP contribution in [-0.4, -0.2) is 41.5 Å². The second kappa shape index (κ2) is 6.84. The summed E-state index contributed by atoms with van der Waals surface area (Å²) in [5.41, 5.74) is 7.05. The number of nitrogens with two attached hydrogens (primary N) is 1. The van der Waals surface area contributed by atoms with Crippen molar-refractivity contribution >= 4 is 22.8 Å². The van der Waals surface area contributed by atoms with Gasteiger partial charge in [0.15, 0.2) is 0 Å². The number of fused-ring (bicyclic) bond motifs is 1. The summed E-state index contributed by atoms with van der Waals surface area (Å²) >= 11 is 0. The number of nitrogens with zero attached hydrogens (tertiary/aromatic N) is 2. The maximum atomic E-state index is 12.1. The SMILES string of the molecule is CNC/C(=C\NCC(F)F)Nc1nc(N)c2cc[nH]c2n1. The first kappa shape index (κ1) is 15.0. The number of aromatic amines is 1. The summed E-state index contributed by atoms with van der Waals surface area (Å²) in [6.45, 7) is 0.00974. The van der Waals surface area contributed by atoms with Crippen LogP contribution in [0.15, 0.2) is 24.2 Å². The van der Waals surface area contributed by atoms with E-state index in [0.717, 1.165) is 5.39 Å². The van der Waals surface area contributed by atoms with E-state index in [9.17, 15) is 8.78 Å². The van der Waals surface area contributed by atoms with E-state index in [-0.39, 0.29) is 0 Å². The molecule has 21 heavy (non-hydrogen) atoms. The van der Waals surface area contributed by atoms with Crippen LogP contribution in [0.5, 0.6) is 0 Å². The topological polar surface area (TPSA) is 104 Å². The van der Waals surface area contributed by atoms with Gasteiger partial charge in [0.2, 0.25) is 5.95 Å². The molecule has 0 unspecified atom stereocenters. The van der Waals surface area contributed by atoms with Crippen molar-refractivity contribution in [3.8, 4) is 0 Å². The van der Waals surface area contributed by atoms with E-state index in [1.165, 1.54) is 6.20 Å². The highest BCUT2D eigenvalue weighted by atomic mass is 19.3. The Morgan fingerprint density at radius 1 is 1.48 bits per heavy atom. The third-order valence-electron chi connectivity index (χ3n) is 2.63. The summed E-state index contributed by atoms with van der Waals surface area (Å²) in [6, 6.07) is 1.78. The molecule has 2 heterocycles. The summed E-state index contributed by atoms with van der Waals surface area (Å²) in [4.78, 5) is 11.3. The zero-order valence-electron chi connectivity index (χ0n) is 11.5. The number of nitrogen functional groups attached to an aromatic ring is 1.